The van der Waals surface area contributed by atoms with Gasteiger partial charge in [0.1, 0.15) is 0 Å². The van der Waals surface area contributed by atoms with Crippen molar-refractivity contribution in [2.24, 2.45) is 0 Å². The number of ether oxygens (including phenoxy) is 1. The van der Waals surface area contributed by atoms with E-state index in [-0.39, 0.29) is 11.3 Å². The molecule has 1 N–H and O–H groups in total. The zero-order valence-corrected chi connectivity index (χ0v) is 9.51. The van der Waals surface area contributed by atoms with E-state index in [1.807, 2.05) is 0 Å². The van der Waals surface area contributed by atoms with Crippen LogP contribution in [0.3, 0.4) is 0 Å². The van der Waals surface area contributed by atoms with E-state index in [0.29, 0.717) is 0 Å². The minimum absolute atomic E-state index is 0.0862. The number of aromatic nitrogens is 1. The first-order valence-electron chi connectivity index (χ1n) is 4.93. The summed E-state index contributed by atoms with van der Waals surface area (Å²) in [6.45, 7) is 0.898. The van der Waals surface area contributed by atoms with Crippen LogP contribution in [-0.2, 0) is 6.61 Å². The van der Waals surface area contributed by atoms with Crippen molar-refractivity contribution in [3.8, 4) is 5.88 Å². The second kappa shape index (κ2) is 5.24. The van der Waals surface area contributed by atoms with E-state index in [0.717, 1.165) is 12.1 Å². The summed E-state index contributed by atoms with van der Waals surface area (Å²) in [6, 6.07) is 1.98. The number of aryl methyl sites for hydroxylation is 1. The van der Waals surface area contributed by atoms with E-state index in [4.69, 9.17) is 5.11 Å². The van der Waals surface area contributed by atoms with Gasteiger partial charge in [0.2, 0.25) is 5.88 Å². The molecule has 0 amide bonds. The van der Waals surface area contributed by atoms with Crippen LogP contribution in [0.5, 0.6) is 5.88 Å². The maximum atomic E-state index is 12.2. The normalized spacial score (nSPS) is 12.9. The van der Waals surface area contributed by atoms with Crippen molar-refractivity contribution < 1.29 is 36.2 Å². The monoisotopic (exact) mass is 289 g/mol. The van der Waals surface area contributed by atoms with Crippen molar-refractivity contribution in [2.75, 3.05) is 0 Å². The number of alkyl halides is 6. The molecule has 0 aliphatic rings. The molecule has 0 saturated carbocycles. The van der Waals surface area contributed by atoms with E-state index in [9.17, 15) is 26.3 Å². The first-order chi connectivity index (χ1) is 8.55. The zero-order chi connectivity index (χ0) is 14.8. The number of nitrogens with zero attached hydrogens (tertiary/aromatic N) is 1. The predicted molar refractivity (Wildman–Crippen MR) is 51.4 cm³/mol. The largest absolute Gasteiger partial charge is 0.455 e. The van der Waals surface area contributed by atoms with E-state index in [1.54, 1.807) is 0 Å². The molecule has 19 heavy (non-hydrogen) atoms. The Morgan fingerprint density at radius 1 is 1.16 bits per heavy atom. The Labute approximate surface area is 103 Å². The Morgan fingerprint density at radius 3 is 2.05 bits per heavy atom. The summed E-state index contributed by atoms with van der Waals surface area (Å²) < 4.78 is 77.3. The van der Waals surface area contributed by atoms with E-state index in [2.05, 4.69) is 9.72 Å². The molecule has 0 fully saturated rings. The van der Waals surface area contributed by atoms with E-state index >= 15 is 0 Å². The molecule has 0 aliphatic carbocycles. The molecule has 0 spiro atoms. The third-order valence-corrected chi connectivity index (χ3v) is 2.17. The number of aliphatic hydroxyl groups is 1. The second-order valence-corrected chi connectivity index (χ2v) is 3.63. The van der Waals surface area contributed by atoms with Crippen LogP contribution in [0.4, 0.5) is 26.3 Å². The molecule has 0 saturated heterocycles. The molecule has 0 unspecified atom stereocenters. The van der Waals surface area contributed by atoms with Gasteiger partial charge in [-0.1, -0.05) is 0 Å². The number of aliphatic hydroxyl groups excluding tert-OH is 1. The van der Waals surface area contributed by atoms with Crippen LogP contribution in [0.25, 0.3) is 0 Å². The van der Waals surface area contributed by atoms with Crippen molar-refractivity contribution in [1.29, 1.82) is 0 Å². The lowest BCUT2D eigenvalue weighted by Gasteiger charge is -2.23. The van der Waals surface area contributed by atoms with Gasteiger partial charge in [-0.05, 0) is 18.6 Å². The van der Waals surface area contributed by atoms with Crippen LogP contribution in [0.15, 0.2) is 12.1 Å². The summed E-state index contributed by atoms with van der Waals surface area (Å²) in [7, 11) is 0. The maximum Gasteiger partial charge on any atom is 0.434 e. The summed E-state index contributed by atoms with van der Waals surface area (Å²) in [6.07, 6.45) is -15.1. The van der Waals surface area contributed by atoms with E-state index < -0.39 is 30.9 Å². The number of hydrogen-bond donors (Lipinski definition) is 1. The smallest absolute Gasteiger partial charge is 0.434 e. The van der Waals surface area contributed by atoms with Crippen LogP contribution < -0.4 is 4.74 Å². The minimum atomic E-state index is -5.59. The third kappa shape index (κ3) is 3.98. The fourth-order valence-electron chi connectivity index (χ4n) is 1.24. The quantitative estimate of drug-likeness (QED) is 0.870. The first-order valence-corrected chi connectivity index (χ1v) is 4.93. The van der Waals surface area contributed by atoms with Gasteiger partial charge in [-0.2, -0.15) is 26.3 Å². The molecule has 1 heterocycles. The zero-order valence-electron chi connectivity index (χ0n) is 9.51. The topological polar surface area (TPSA) is 42.4 Å². The highest BCUT2D eigenvalue weighted by atomic mass is 19.4. The van der Waals surface area contributed by atoms with Gasteiger partial charge >= 0.3 is 12.4 Å². The maximum absolute atomic E-state index is 12.2. The van der Waals surface area contributed by atoms with Crippen molar-refractivity contribution >= 4 is 0 Å². The Bertz CT molecular complexity index is 429. The van der Waals surface area contributed by atoms with Crippen molar-refractivity contribution in [3.05, 3.63) is 23.4 Å². The average Bonchev–Trinajstić information content (AvgIpc) is 2.23. The molecule has 108 valence electrons. The third-order valence-electron chi connectivity index (χ3n) is 2.17. The van der Waals surface area contributed by atoms with Gasteiger partial charge < -0.3 is 9.84 Å². The van der Waals surface area contributed by atoms with Crippen LogP contribution in [0.2, 0.25) is 0 Å². The lowest BCUT2D eigenvalue weighted by molar-refractivity contribution is -0.300. The van der Waals surface area contributed by atoms with Crippen LogP contribution in [0.1, 0.15) is 11.3 Å². The Balaban J connectivity index is 3.01. The molecule has 0 aliphatic heterocycles. The Morgan fingerprint density at radius 2 is 1.68 bits per heavy atom. The van der Waals surface area contributed by atoms with Gasteiger partial charge in [-0.15, -0.1) is 0 Å². The summed E-state index contributed by atoms with van der Waals surface area (Å²) in [5, 5.41) is 8.81. The molecule has 0 radical (unpaired) electrons. The lowest BCUT2D eigenvalue weighted by atomic mass is 10.2. The highest BCUT2D eigenvalue weighted by Gasteiger charge is 2.59. The summed E-state index contributed by atoms with van der Waals surface area (Å²) >= 11 is 0. The highest BCUT2D eigenvalue weighted by Crippen LogP contribution is 2.36. The van der Waals surface area contributed by atoms with Crippen molar-refractivity contribution in [3.63, 3.8) is 0 Å². The second-order valence-electron chi connectivity index (χ2n) is 3.63. The van der Waals surface area contributed by atoms with E-state index in [1.165, 1.54) is 6.92 Å². The van der Waals surface area contributed by atoms with Crippen LogP contribution in [-0.4, -0.2) is 28.5 Å². The fraction of sp³-hybridized carbons (Fsp3) is 0.500. The van der Waals surface area contributed by atoms with Gasteiger partial charge in [0.25, 0.3) is 6.10 Å². The minimum Gasteiger partial charge on any atom is -0.455 e. The molecule has 0 aromatic carbocycles. The van der Waals surface area contributed by atoms with Gasteiger partial charge in [-0.25, -0.2) is 4.98 Å². The molecule has 1 rings (SSSR count). The summed E-state index contributed by atoms with van der Waals surface area (Å²) in [5.41, 5.74) is 0.367. The van der Waals surface area contributed by atoms with Crippen LogP contribution in [0, 0.1) is 6.92 Å². The molecule has 9 heteroatoms. The molecule has 3 nitrogen and oxygen atoms in total. The van der Waals surface area contributed by atoms with Gasteiger partial charge in [0.15, 0.2) is 0 Å². The number of halogens is 6. The fourth-order valence-corrected chi connectivity index (χ4v) is 1.24. The molecule has 0 bridgehead atoms. The summed E-state index contributed by atoms with van der Waals surface area (Å²) in [4.78, 5) is 3.43. The first kappa shape index (κ1) is 15.5. The Kier molecular flexibility index (Phi) is 4.28. The molecular formula is C10H9F6NO2. The van der Waals surface area contributed by atoms with Gasteiger partial charge in [0.05, 0.1) is 6.61 Å². The molecular weight excluding hydrogens is 280 g/mol. The average molecular weight is 289 g/mol. The van der Waals surface area contributed by atoms with Gasteiger partial charge in [0, 0.05) is 11.8 Å². The highest BCUT2D eigenvalue weighted by molar-refractivity contribution is 5.24. The molecule has 1 aromatic heterocycles. The summed E-state index contributed by atoms with van der Waals surface area (Å²) in [5.74, 6) is -0.811. The SMILES string of the molecule is Cc1nc(OC(C(F)(F)F)C(F)(F)F)ccc1CO. The van der Waals surface area contributed by atoms with Gasteiger partial charge in [-0.3, -0.25) is 0 Å². The number of pyridine rings is 1. The number of hydrogen-bond acceptors (Lipinski definition) is 3. The van der Waals surface area contributed by atoms with Crippen LogP contribution >= 0.6 is 0 Å². The Hall–Kier alpha value is -1.51. The molecule has 1 aromatic rings. The lowest BCUT2D eigenvalue weighted by Crippen LogP contribution is -2.46. The molecule has 0 atom stereocenters. The van der Waals surface area contributed by atoms with Crippen molar-refractivity contribution in [2.45, 2.75) is 32.0 Å². The number of rotatable bonds is 3. The van der Waals surface area contributed by atoms with Crippen molar-refractivity contribution in [1.82, 2.24) is 4.98 Å². The predicted octanol–water partition coefficient (Wildman–Crippen LogP) is 2.75. The standard InChI is InChI=1S/C10H9F6NO2/c1-5-6(4-18)2-3-7(17-5)19-8(9(11,12)13)10(14,15)16/h2-3,8,18H,4H2,1H3.